The number of morpholine rings is 1. The molecular weight excluding hydrogens is 168 g/mol. The summed E-state index contributed by atoms with van der Waals surface area (Å²) in [6, 6.07) is 0. The molecule has 0 aromatic carbocycles. The molecule has 1 aliphatic heterocycles. The average Bonchev–Trinajstić information content (AvgIpc) is 1.82. The number of esters is 1. The molecule has 1 fully saturated rings. The maximum absolute atomic E-state index is 10.7. The van der Waals surface area contributed by atoms with Gasteiger partial charge in [0.25, 0.3) is 0 Å². The molecule has 0 spiro atoms. The molecule has 0 radical (unpaired) electrons. The van der Waals surface area contributed by atoms with Crippen molar-refractivity contribution >= 4 is 24.4 Å². The van der Waals surface area contributed by atoms with Crippen molar-refractivity contribution in [2.75, 3.05) is 13.6 Å². The Labute approximate surface area is 64.9 Å². The van der Waals surface area contributed by atoms with Gasteiger partial charge < -0.3 is 4.74 Å². The molecule has 1 saturated heterocycles. The molecule has 0 aromatic heterocycles. The molecule has 3 nitrogen and oxygen atoms in total. The molecule has 0 aromatic rings. The highest BCUT2D eigenvalue weighted by molar-refractivity contribution is 7.23. The van der Waals surface area contributed by atoms with Gasteiger partial charge in [0.2, 0.25) is 0 Å². The molecule has 0 bridgehead atoms. The van der Waals surface area contributed by atoms with Gasteiger partial charge in [-0.05, 0) is 7.05 Å². The first kappa shape index (κ1) is 8.39. The lowest BCUT2D eigenvalue weighted by atomic mass is 10.4. The summed E-state index contributed by atoms with van der Waals surface area (Å²) >= 11 is 0. The van der Waals surface area contributed by atoms with E-state index in [4.69, 9.17) is 4.74 Å². The number of hydrogen-bond acceptors (Lipinski definition) is 3. The molecule has 1 rings (SSSR count). The number of carbonyl (C=O) groups is 1. The van der Waals surface area contributed by atoms with Gasteiger partial charge in [-0.3, -0.25) is 9.69 Å². The summed E-state index contributed by atoms with van der Waals surface area (Å²) in [6.45, 7) is 0.388. The van der Waals surface area contributed by atoms with Gasteiger partial charge in [-0.15, -0.1) is 9.24 Å². The summed E-state index contributed by atoms with van der Waals surface area (Å²) < 4.78 is 4.93. The van der Waals surface area contributed by atoms with Gasteiger partial charge in [-0.1, -0.05) is 9.24 Å². The van der Waals surface area contributed by atoms with Crippen molar-refractivity contribution in [1.82, 2.24) is 4.90 Å². The number of nitrogens with zero attached hydrogens (tertiary/aromatic N) is 1. The molecule has 0 amide bonds. The third-order valence-electron chi connectivity index (χ3n) is 1.49. The molecule has 58 valence electrons. The van der Waals surface area contributed by atoms with Crippen molar-refractivity contribution in [2.24, 2.45) is 0 Å². The van der Waals surface area contributed by atoms with Crippen LogP contribution in [0.1, 0.15) is 0 Å². The Morgan fingerprint density at radius 3 is 2.80 bits per heavy atom. The van der Waals surface area contributed by atoms with Crippen LogP contribution in [0.4, 0.5) is 0 Å². The molecule has 10 heavy (non-hydrogen) atoms. The summed E-state index contributed by atoms with van der Waals surface area (Å²) in [7, 11) is 7.01. The summed E-state index contributed by atoms with van der Waals surface area (Å²) in [6.07, 6.45) is 0. The van der Waals surface area contributed by atoms with E-state index in [-0.39, 0.29) is 17.6 Å². The van der Waals surface area contributed by atoms with E-state index in [1.54, 1.807) is 0 Å². The Bertz CT molecular complexity index is 139. The van der Waals surface area contributed by atoms with E-state index in [2.05, 4.69) is 18.5 Å². The van der Waals surface area contributed by atoms with E-state index < -0.39 is 0 Å². The van der Waals surface area contributed by atoms with Crippen molar-refractivity contribution in [3.63, 3.8) is 0 Å². The fourth-order valence-electron chi connectivity index (χ4n) is 0.819. The number of likely N-dealkylation sites (N-methyl/N-ethyl adjacent to an activating group) is 1. The minimum Gasteiger partial charge on any atom is -0.455 e. The van der Waals surface area contributed by atoms with Gasteiger partial charge in [0, 0.05) is 0 Å². The first-order valence-corrected chi connectivity index (χ1v) is 4.35. The molecule has 0 aliphatic carbocycles. The number of cyclic esters (lactones) is 1. The molecular formula is C5H11NO2P2. The van der Waals surface area contributed by atoms with Crippen LogP contribution in [0.25, 0.3) is 0 Å². The quantitative estimate of drug-likeness (QED) is 0.383. The van der Waals surface area contributed by atoms with Gasteiger partial charge in [0.05, 0.1) is 12.3 Å². The van der Waals surface area contributed by atoms with Crippen LogP contribution in [-0.2, 0) is 9.53 Å². The van der Waals surface area contributed by atoms with Crippen LogP contribution in [0.2, 0.25) is 0 Å². The number of rotatable bonds is 0. The number of hydrogen-bond donors (Lipinski definition) is 0. The van der Waals surface area contributed by atoms with Crippen LogP contribution in [0.15, 0.2) is 0 Å². The van der Waals surface area contributed by atoms with Gasteiger partial charge in [0.1, 0.15) is 5.85 Å². The first-order valence-electron chi connectivity index (χ1n) is 3.02. The lowest BCUT2D eigenvalue weighted by molar-refractivity contribution is -0.153. The fraction of sp³-hybridized carbons (Fsp3) is 0.800. The third-order valence-corrected chi connectivity index (χ3v) is 3.35. The zero-order chi connectivity index (χ0) is 7.72. The fourth-order valence-corrected chi connectivity index (χ4v) is 1.45. The van der Waals surface area contributed by atoms with Gasteiger partial charge in [-0.25, -0.2) is 0 Å². The van der Waals surface area contributed by atoms with Crippen LogP contribution in [0.5, 0.6) is 0 Å². The maximum Gasteiger partial charge on any atom is 0.320 e. The smallest absolute Gasteiger partial charge is 0.320 e. The second-order valence-electron chi connectivity index (χ2n) is 2.36. The lowest BCUT2D eigenvalue weighted by Crippen LogP contribution is -2.45. The van der Waals surface area contributed by atoms with E-state index in [9.17, 15) is 4.79 Å². The summed E-state index contributed by atoms with van der Waals surface area (Å²) in [5, 5.41) is 0. The zero-order valence-electron chi connectivity index (χ0n) is 5.78. The highest BCUT2D eigenvalue weighted by Crippen LogP contribution is 2.22. The van der Waals surface area contributed by atoms with Crippen molar-refractivity contribution in [1.29, 1.82) is 0 Å². The van der Waals surface area contributed by atoms with Crippen LogP contribution < -0.4 is 0 Å². The molecule has 2 unspecified atom stereocenters. The predicted molar refractivity (Wildman–Crippen MR) is 45.7 cm³/mol. The highest BCUT2D eigenvalue weighted by Gasteiger charge is 2.27. The van der Waals surface area contributed by atoms with Crippen LogP contribution in [0, 0.1) is 0 Å². The molecule has 1 aliphatic rings. The monoisotopic (exact) mass is 179 g/mol. The zero-order valence-corrected chi connectivity index (χ0v) is 8.09. The van der Waals surface area contributed by atoms with E-state index in [0.717, 1.165) is 0 Å². The Morgan fingerprint density at radius 2 is 2.30 bits per heavy atom. The molecule has 0 N–H and O–H groups in total. The van der Waals surface area contributed by atoms with Crippen LogP contribution in [0.3, 0.4) is 0 Å². The predicted octanol–water partition coefficient (Wildman–Crippen LogP) is -0.123. The second kappa shape index (κ2) is 3.13. The molecule has 5 heteroatoms. The number of ether oxygens (including phenoxy) is 1. The standard InChI is InChI=1S/C5H11NO2P2/c1-6-2-3(7)8-5(10)4(6)9/h4-5H,2,9-10H2,1H3/t4-,5+/m0/s1. The Hall–Kier alpha value is 0.290. The molecule has 4 atom stereocenters. The summed E-state index contributed by atoms with van der Waals surface area (Å²) in [5.74, 6) is -0.0138. The third kappa shape index (κ3) is 1.66. The maximum atomic E-state index is 10.7. The van der Waals surface area contributed by atoms with E-state index in [1.807, 2.05) is 11.9 Å². The van der Waals surface area contributed by atoms with E-state index >= 15 is 0 Å². The van der Waals surface area contributed by atoms with Gasteiger partial charge in [-0.2, -0.15) is 0 Å². The Kier molecular flexibility index (Phi) is 2.62. The Morgan fingerprint density at radius 1 is 1.70 bits per heavy atom. The minimum absolute atomic E-state index is 0.0868. The highest BCUT2D eigenvalue weighted by atomic mass is 31.0. The van der Waals surface area contributed by atoms with Crippen LogP contribution in [-0.4, -0.2) is 36.1 Å². The molecule has 0 saturated carbocycles. The molecule has 1 heterocycles. The number of carbonyl (C=O) groups excluding carboxylic acids is 1. The summed E-state index contributed by atoms with van der Waals surface area (Å²) in [4.78, 5) is 12.7. The Balaban J connectivity index is 2.57. The first-order chi connectivity index (χ1) is 4.61. The topological polar surface area (TPSA) is 29.5 Å². The largest absolute Gasteiger partial charge is 0.455 e. The second-order valence-corrected chi connectivity index (χ2v) is 3.70. The van der Waals surface area contributed by atoms with Crippen molar-refractivity contribution in [3.8, 4) is 0 Å². The van der Waals surface area contributed by atoms with Crippen molar-refractivity contribution in [2.45, 2.75) is 11.6 Å². The van der Waals surface area contributed by atoms with Gasteiger partial charge >= 0.3 is 5.97 Å². The van der Waals surface area contributed by atoms with E-state index in [1.165, 1.54) is 0 Å². The lowest BCUT2D eigenvalue weighted by Gasteiger charge is -2.33. The van der Waals surface area contributed by atoms with Gasteiger partial charge in [0.15, 0.2) is 0 Å². The van der Waals surface area contributed by atoms with Crippen LogP contribution >= 0.6 is 18.5 Å². The summed E-state index contributed by atoms with van der Waals surface area (Å²) in [5.41, 5.74) is 0. The van der Waals surface area contributed by atoms with Crippen molar-refractivity contribution < 1.29 is 9.53 Å². The minimum atomic E-state index is -0.152. The van der Waals surface area contributed by atoms with E-state index in [0.29, 0.717) is 6.54 Å². The SMILES string of the molecule is CN1CC(=O)O[C@H](P)[C@@H]1P. The normalized spacial score (nSPS) is 35.7. The average molecular weight is 179 g/mol. The van der Waals surface area contributed by atoms with Crippen molar-refractivity contribution in [3.05, 3.63) is 0 Å².